The van der Waals surface area contributed by atoms with Gasteiger partial charge in [0.05, 0.1) is 0 Å². The molecule has 0 atom stereocenters. The third kappa shape index (κ3) is 2.19. The van der Waals surface area contributed by atoms with Crippen molar-refractivity contribution in [2.75, 3.05) is 0 Å². The van der Waals surface area contributed by atoms with Crippen LogP contribution in [0.1, 0.15) is 21.5 Å². The molecule has 0 fully saturated rings. The third-order valence-corrected chi connectivity index (χ3v) is 2.89. The molecule has 1 aromatic heterocycles. The van der Waals surface area contributed by atoms with Gasteiger partial charge in [0.2, 0.25) is 0 Å². The molecule has 0 saturated heterocycles. The van der Waals surface area contributed by atoms with Crippen LogP contribution in [-0.2, 0) is 0 Å². The number of carboxylic acid groups (broad SMARTS) is 1. The standard InChI is InChI=1S/C13H11ClO3/c1-7-3-4-9(5-8(7)2)12-10(13(15)16)6-11(14)17-12/h3-6H,1-2H3,(H,15,16). The molecule has 0 aliphatic heterocycles. The van der Waals surface area contributed by atoms with Gasteiger partial charge in [0.15, 0.2) is 11.0 Å². The second-order valence-corrected chi connectivity index (χ2v) is 4.27. The fraction of sp³-hybridized carbons (Fsp3) is 0.154. The lowest BCUT2D eigenvalue weighted by atomic mass is 10.0. The maximum absolute atomic E-state index is 11.0. The maximum Gasteiger partial charge on any atom is 0.339 e. The van der Waals surface area contributed by atoms with E-state index >= 15 is 0 Å². The molecule has 1 aromatic carbocycles. The zero-order valence-electron chi connectivity index (χ0n) is 9.45. The molecule has 2 rings (SSSR count). The predicted octanol–water partition coefficient (Wildman–Crippen LogP) is 3.92. The van der Waals surface area contributed by atoms with E-state index in [0.29, 0.717) is 5.76 Å². The van der Waals surface area contributed by atoms with Crippen molar-refractivity contribution >= 4 is 17.6 Å². The lowest BCUT2D eigenvalue weighted by Crippen LogP contribution is -1.96. The Hall–Kier alpha value is -1.74. The fourth-order valence-electron chi connectivity index (χ4n) is 1.62. The van der Waals surface area contributed by atoms with Crippen molar-refractivity contribution in [1.29, 1.82) is 0 Å². The van der Waals surface area contributed by atoms with Crippen LogP contribution in [0.5, 0.6) is 0 Å². The second-order valence-electron chi connectivity index (χ2n) is 3.90. The Morgan fingerprint density at radius 1 is 1.24 bits per heavy atom. The van der Waals surface area contributed by atoms with Gasteiger partial charge in [-0.25, -0.2) is 4.79 Å². The number of hydrogen-bond donors (Lipinski definition) is 1. The second kappa shape index (κ2) is 4.26. The normalized spacial score (nSPS) is 10.5. The summed E-state index contributed by atoms with van der Waals surface area (Å²) in [6.45, 7) is 3.95. The number of rotatable bonds is 2. The van der Waals surface area contributed by atoms with E-state index < -0.39 is 5.97 Å². The van der Waals surface area contributed by atoms with Gasteiger partial charge in [-0.1, -0.05) is 12.1 Å². The number of aromatic carboxylic acids is 1. The van der Waals surface area contributed by atoms with Gasteiger partial charge >= 0.3 is 5.97 Å². The van der Waals surface area contributed by atoms with Gasteiger partial charge in [-0.2, -0.15) is 0 Å². The highest BCUT2D eigenvalue weighted by molar-refractivity contribution is 6.29. The smallest absolute Gasteiger partial charge is 0.339 e. The molecule has 2 aromatic rings. The van der Waals surface area contributed by atoms with Gasteiger partial charge in [0.25, 0.3) is 0 Å². The van der Waals surface area contributed by atoms with E-state index in [1.807, 2.05) is 32.0 Å². The molecule has 88 valence electrons. The van der Waals surface area contributed by atoms with Crippen LogP contribution in [0.25, 0.3) is 11.3 Å². The molecule has 1 heterocycles. The molecule has 0 aliphatic rings. The highest BCUT2D eigenvalue weighted by atomic mass is 35.5. The van der Waals surface area contributed by atoms with Crippen molar-refractivity contribution in [3.05, 3.63) is 46.2 Å². The molecule has 1 N–H and O–H groups in total. The van der Waals surface area contributed by atoms with Crippen LogP contribution in [-0.4, -0.2) is 11.1 Å². The number of carbonyl (C=O) groups is 1. The molecule has 0 saturated carbocycles. The van der Waals surface area contributed by atoms with Crippen LogP contribution in [0.3, 0.4) is 0 Å². The van der Waals surface area contributed by atoms with E-state index in [2.05, 4.69) is 0 Å². The highest BCUT2D eigenvalue weighted by Gasteiger charge is 2.18. The first-order valence-electron chi connectivity index (χ1n) is 5.09. The van der Waals surface area contributed by atoms with Crippen molar-refractivity contribution in [3.63, 3.8) is 0 Å². The Bertz CT molecular complexity index is 584. The molecular formula is C13H11ClO3. The molecule has 3 nitrogen and oxygen atoms in total. The lowest BCUT2D eigenvalue weighted by molar-refractivity contribution is 0.0697. The Labute approximate surface area is 104 Å². The van der Waals surface area contributed by atoms with Crippen LogP contribution in [0.15, 0.2) is 28.7 Å². The van der Waals surface area contributed by atoms with E-state index in [0.717, 1.165) is 16.7 Å². The molecule has 0 amide bonds. The Balaban J connectivity index is 2.59. The molecule has 17 heavy (non-hydrogen) atoms. The van der Waals surface area contributed by atoms with Crippen molar-refractivity contribution in [2.45, 2.75) is 13.8 Å². The van der Waals surface area contributed by atoms with E-state index in [4.69, 9.17) is 21.1 Å². The minimum Gasteiger partial charge on any atom is -0.478 e. The molecule has 0 radical (unpaired) electrons. The molecule has 0 aliphatic carbocycles. The average molecular weight is 251 g/mol. The van der Waals surface area contributed by atoms with Crippen LogP contribution in [0, 0.1) is 13.8 Å². The summed E-state index contributed by atoms with van der Waals surface area (Å²) in [6, 6.07) is 6.95. The van der Waals surface area contributed by atoms with E-state index in [-0.39, 0.29) is 10.8 Å². The minimum absolute atomic E-state index is 0.0793. The number of hydrogen-bond acceptors (Lipinski definition) is 2. The van der Waals surface area contributed by atoms with Crippen LogP contribution in [0.2, 0.25) is 5.22 Å². The quantitative estimate of drug-likeness (QED) is 0.879. The summed E-state index contributed by atoms with van der Waals surface area (Å²) < 4.78 is 5.24. The lowest BCUT2D eigenvalue weighted by Gasteiger charge is -2.03. The molecule has 0 spiro atoms. The zero-order valence-corrected chi connectivity index (χ0v) is 10.2. The largest absolute Gasteiger partial charge is 0.478 e. The fourth-order valence-corrected chi connectivity index (χ4v) is 1.80. The Morgan fingerprint density at radius 2 is 1.94 bits per heavy atom. The van der Waals surface area contributed by atoms with Gasteiger partial charge in [-0.05, 0) is 42.6 Å². The number of furan rings is 1. The topological polar surface area (TPSA) is 50.4 Å². The monoisotopic (exact) mass is 250 g/mol. The SMILES string of the molecule is Cc1ccc(-c2oc(Cl)cc2C(=O)O)cc1C. The number of carboxylic acids is 1. The first-order chi connectivity index (χ1) is 7.99. The van der Waals surface area contributed by atoms with Gasteiger partial charge in [0, 0.05) is 11.6 Å². The number of aryl methyl sites for hydroxylation is 2. The Kier molecular flexibility index (Phi) is 2.94. The van der Waals surface area contributed by atoms with Crippen molar-refractivity contribution in [1.82, 2.24) is 0 Å². The van der Waals surface area contributed by atoms with Gasteiger partial charge in [0.1, 0.15) is 5.56 Å². The van der Waals surface area contributed by atoms with Crippen LogP contribution in [0.4, 0.5) is 0 Å². The van der Waals surface area contributed by atoms with Crippen LogP contribution >= 0.6 is 11.6 Å². The van der Waals surface area contributed by atoms with Gasteiger partial charge in [-0.15, -0.1) is 0 Å². The molecule has 0 unspecified atom stereocenters. The predicted molar refractivity (Wildman–Crippen MR) is 65.6 cm³/mol. The first-order valence-corrected chi connectivity index (χ1v) is 5.47. The molecule has 0 bridgehead atoms. The van der Waals surface area contributed by atoms with Crippen LogP contribution < -0.4 is 0 Å². The van der Waals surface area contributed by atoms with Crippen molar-refractivity contribution < 1.29 is 14.3 Å². The number of halogens is 1. The van der Waals surface area contributed by atoms with Gasteiger partial charge in [-0.3, -0.25) is 0 Å². The maximum atomic E-state index is 11.0. The third-order valence-electron chi connectivity index (χ3n) is 2.70. The minimum atomic E-state index is -1.05. The Morgan fingerprint density at radius 3 is 2.53 bits per heavy atom. The van der Waals surface area contributed by atoms with Gasteiger partial charge < -0.3 is 9.52 Å². The zero-order chi connectivity index (χ0) is 12.6. The summed E-state index contributed by atoms with van der Waals surface area (Å²) in [7, 11) is 0. The summed E-state index contributed by atoms with van der Waals surface area (Å²) in [5.41, 5.74) is 3.02. The first kappa shape index (κ1) is 11.7. The van der Waals surface area contributed by atoms with Crippen molar-refractivity contribution in [2.24, 2.45) is 0 Å². The molecule has 4 heteroatoms. The number of benzene rings is 1. The summed E-state index contributed by atoms with van der Waals surface area (Å²) in [4.78, 5) is 11.0. The summed E-state index contributed by atoms with van der Waals surface area (Å²) in [5, 5.41) is 9.12. The summed E-state index contributed by atoms with van der Waals surface area (Å²) >= 11 is 5.70. The molecular weight excluding hydrogens is 240 g/mol. The van der Waals surface area contributed by atoms with E-state index in [1.165, 1.54) is 6.07 Å². The van der Waals surface area contributed by atoms with E-state index in [9.17, 15) is 4.79 Å². The highest BCUT2D eigenvalue weighted by Crippen LogP contribution is 2.30. The van der Waals surface area contributed by atoms with E-state index in [1.54, 1.807) is 0 Å². The average Bonchev–Trinajstić information content (AvgIpc) is 2.64. The van der Waals surface area contributed by atoms with Crippen molar-refractivity contribution in [3.8, 4) is 11.3 Å². The summed E-state index contributed by atoms with van der Waals surface area (Å²) in [6.07, 6.45) is 0. The summed E-state index contributed by atoms with van der Waals surface area (Å²) in [5.74, 6) is -0.750.